The minimum atomic E-state index is -0.747. The van der Waals surface area contributed by atoms with E-state index in [1.807, 2.05) is 19.2 Å². The summed E-state index contributed by atoms with van der Waals surface area (Å²) in [5.41, 5.74) is 0. The second-order valence-electron chi connectivity index (χ2n) is 5.60. The fourth-order valence-corrected chi connectivity index (χ4v) is 2.60. The monoisotopic (exact) mass is 263 g/mol. The lowest BCUT2D eigenvalue weighted by molar-refractivity contribution is -0.142. The minimum absolute atomic E-state index is 0.0686. The van der Waals surface area contributed by atoms with Crippen molar-refractivity contribution in [2.45, 2.75) is 39.0 Å². The van der Waals surface area contributed by atoms with Crippen molar-refractivity contribution in [3.8, 4) is 0 Å². The van der Waals surface area contributed by atoms with Crippen molar-refractivity contribution in [3.05, 3.63) is 23.8 Å². The zero-order chi connectivity index (χ0) is 14.0. The van der Waals surface area contributed by atoms with E-state index in [2.05, 4.69) is 23.9 Å². The molecular formula is C14H21N3O2. The van der Waals surface area contributed by atoms with Gasteiger partial charge in [0.1, 0.15) is 5.82 Å². The average Bonchev–Trinajstić information content (AvgIpc) is 2.69. The van der Waals surface area contributed by atoms with Gasteiger partial charge in [-0.3, -0.25) is 9.48 Å². The van der Waals surface area contributed by atoms with Crippen LogP contribution in [0.15, 0.2) is 12.2 Å². The van der Waals surface area contributed by atoms with E-state index in [0.717, 1.165) is 24.5 Å². The molecule has 5 nitrogen and oxygen atoms in total. The Hall–Kier alpha value is -1.65. The highest BCUT2D eigenvalue weighted by molar-refractivity contribution is 5.71. The van der Waals surface area contributed by atoms with Crippen LogP contribution >= 0.6 is 0 Å². The number of aryl methyl sites for hydroxylation is 1. The van der Waals surface area contributed by atoms with Crippen molar-refractivity contribution in [1.82, 2.24) is 14.8 Å². The first-order chi connectivity index (χ1) is 8.99. The molecule has 0 saturated carbocycles. The number of carboxylic acids is 1. The van der Waals surface area contributed by atoms with Gasteiger partial charge < -0.3 is 5.11 Å². The number of nitrogens with zero attached hydrogens (tertiary/aromatic N) is 3. The van der Waals surface area contributed by atoms with Gasteiger partial charge in [0.15, 0.2) is 5.82 Å². The van der Waals surface area contributed by atoms with E-state index < -0.39 is 5.97 Å². The lowest BCUT2D eigenvalue weighted by atomic mass is 9.82. The van der Waals surface area contributed by atoms with E-state index in [4.69, 9.17) is 0 Å². The van der Waals surface area contributed by atoms with Crippen molar-refractivity contribution in [3.63, 3.8) is 0 Å². The normalized spacial score (nSPS) is 22.9. The molecule has 1 N–H and O–H groups in total. The van der Waals surface area contributed by atoms with Gasteiger partial charge in [-0.2, -0.15) is 5.10 Å². The largest absolute Gasteiger partial charge is 0.481 e. The molecular weight excluding hydrogens is 242 g/mol. The highest BCUT2D eigenvalue weighted by Crippen LogP contribution is 2.33. The molecule has 0 radical (unpaired) electrons. The minimum Gasteiger partial charge on any atom is -0.481 e. The first-order valence-electron chi connectivity index (χ1n) is 6.76. The zero-order valence-corrected chi connectivity index (χ0v) is 11.7. The van der Waals surface area contributed by atoms with Gasteiger partial charge in [-0.05, 0) is 18.8 Å². The number of allylic oxidation sites excluding steroid dienone is 2. The molecule has 2 rings (SSSR count). The number of rotatable bonds is 4. The van der Waals surface area contributed by atoms with Gasteiger partial charge in [-0.1, -0.05) is 26.0 Å². The van der Waals surface area contributed by atoms with Crippen molar-refractivity contribution in [1.29, 1.82) is 0 Å². The van der Waals surface area contributed by atoms with E-state index in [1.165, 1.54) is 0 Å². The maximum atomic E-state index is 11.3. The molecule has 0 spiro atoms. The van der Waals surface area contributed by atoms with Crippen LogP contribution < -0.4 is 0 Å². The zero-order valence-electron chi connectivity index (χ0n) is 11.7. The molecule has 0 amide bonds. The Morgan fingerprint density at radius 2 is 2.16 bits per heavy atom. The maximum absolute atomic E-state index is 11.3. The topological polar surface area (TPSA) is 68.0 Å². The Labute approximate surface area is 113 Å². The Kier molecular flexibility index (Phi) is 4.02. The van der Waals surface area contributed by atoms with Crippen LogP contribution in [0.3, 0.4) is 0 Å². The Bertz CT molecular complexity index is 491. The number of hydrogen-bond acceptors (Lipinski definition) is 3. The summed E-state index contributed by atoms with van der Waals surface area (Å²) in [6.07, 6.45) is 6.12. The highest BCUT2D eigenvalue weighted by Gasteiger charge is 2.33. The van der Waals surface area contributed by atoms with E-state index in [0.29, 0.717) is 12.3 Å². The number of hydrogen-bond donors (Lipinski definition) is 1. The molecule has 0 fully saturated rings. The fraction of sp³-hybridized carbons (Fsp3) is 0.643. The van der Waals surface area contributed by atoms with E-state index in [1.54, 1.807) is 4.68 Å². The van der Waals surface area contributed by atoms with E-state index in [9.17, 15) is 9.90 Å². The smallest absolute Gasteiger partial charge is 0.307 e. The van der Waals surface area contributed by atoms with Crippen LogP contribution in [0.2, 0.25) is 0 Å². The standard InChI is InChI=1S/C14H21N3O2/c1-9(2)8-12-15-13(17(3)16-12)10-6-4-5-7-11(10)14(18)19/h4-5,9-11H,6-8H2,1-3H3,(H,18,19). The second kappa shape index (κ2) is 5.55. The molecule has 0 aliphatic heterocycles. The van der Waals surface area contributed by atoms with E-state index in [-0.39, 0.29) is 11.8 Å². The average molecular weight is 263 g/mol. The molecule has 19 heavy (non-hydrogen) atoms. The Morgan fingerprint density at radius 1 is 1.47 bits per heavy atom. The van der Waals surface area contributed by atoms with Gasteiger partial charge >= 0.3 is 5.97 Å². The molecule has 104 valence electrons. The van der Waals surface area contributed by atoms with Crippen molar-refractivity contribution in [2.24, 2.45) is 18.9 Å². The quantitative estimate of drug-likeness (QED) is 0.845. The molecule has 2 unspecified atom stereocenters. The molecule has 5 heteroatoms. The van der Waals surface area contributed by atoms with Gasteiger partial charge in [0, 0.05) is 19.4 Å². The summed E-state index contributed by atoms with van der Waals surface area (Å²) >= 11 is 0. The van der Waals surface area contributed by atoms with Crippen molar-refractivity contribution < 1.29 is 9.90 Å². The molecule has 1 heterocycles. The summed E-state index contributed by atoms with van der Waals surface area (Å²) in [4.78, 5) is 15.9. The van der Waals surface area contributed by atoms with Gasteiger partial charge in [0.05, 0.1) is 5.92 Å². The summed E-state index contributed by atoms with van der Waals surface area (Å²) in [6.45, 7) is 4.25. The van der Waals surface area contributed by atoms with Crippen LogP contribution in [0.25, 0.3) is 0 Å². The first-order valence-corrected chi connectivity index (χ1v) is 6.76. The second-order valence-corrected chi connectivity index (χ2v) is 5.60. The third-order valence-electron chi connectivity index (χ3n) is 3.51. The molecule has 1 aromatic heterocycles. The SMILES string of the molecule is CC(C)Cc1nc(C2CC=CCC2C(=O)O)n(C)n1. The summed E-state index contributed by atoms with van der Waals surface area (Å²) in [6, 6.07) is 0. The summed E-state index contributed by atoms with van der Waals surface area (Å²) in [5, 5.41) is 13.7. The van der Waals surface area contributed by atoms with Gasteiger partial charge in [-0.25, -0.2) is 4.98 Å². The molecule has 2 atom stereocenters. The maximum Gasteiger partial charge on any atom is 0.307 e. The van der Waals surface area contributed by atoms with Crippen LogP contribution in [0.5, 0.6) is 0 Å². The molecule has 0 aromatic carbocycles. The Morgan fingerprint density at radius 3 is 2.79 bits per heavy atom. The third kappa shape index (κ3) is 3.03. The summed E-state index contributed by atoms with van der Waals surface area (Å²) < 4.78 is 1.75. The molecule has 0 saturated heterocycles. The molecule has 1 aromatic rings. The Balaban J connectivity index is 2.27. The number of carboxylic acid groups (broad SMARTS) is 1. The molecule has 0 bridgehead atoms. The molecule has 1 aliphatic rings. The van der Waals surface area contributed by atoms with E-state index >= 15 is 0 Å². The number of carbonyl (C=O) groups is 1. The van der Waals surface area contributed by atoms with Crippen molar-refractivity contribution >= 4 is 5.97 Å². The lowest BCUT2D eigenvalue weighted by Crippen LogP contribution is -2.25. The summed E-state index contributed by atoms with van der Waals surface area (Å²) in [5.74, 6) is 0.902. The van der Waals surface area contributed by atoms with Crippen LogP contribution in [0, 0.1) is 11.8 Å². The van der Waals surface area contributed by atoms with Gasteiger partial charge in [0.2, 0.25) is 0 Å². The lowest BCUT2D eigenvalue weighted by Gasteiger charge is -2.23. The molecule has 1 aliphatic carbocycles. The van der Waals surface area contributed by atoms with Gasteiger partial charge in [0.25, 0.3) is 0 Å². The van der Waals surface area contributed by atoms with Crippen molar-refractivity contribution in [2.75, 3.05) is 0 Å². The highest BCUT2D eigenvalue weighted by atomic mass is 16.4. The third-order valence-corrected chi connectivity index (χ3v) is 3.51. The predicted octanol–water partition coefficient (Wildman–Crippen LogP) is 2.15. The predicted molar refractivity (Wildman–Crippen MR) is 71.8 cm³/mol. The first kappa shape index (κ1) is 13.8. The fourth-order valence-electron chi connectivity index (χ4n) is 2.60. The van der Waals surface area contributed by atoms with Crippen LogP contribution in [-0.4, -0.2) is 25.8 Å². The number of aliphatic carboxylic acids is 1. The summed E-state index contributed by atoms with van der Waals surface area (Å²) in [7, 11) is 1.85. The van der Waals surface area contributed by atoms with Crippen LogP contribution in [0.4, 0.5) is 0 Å². The number of aromatic nitrogens is 3. The van der Waals surface area contributed by atoms with Crippen LogP contribution in [0.1, 0.15) is 44.3 Å². The van der Waals surface area contributed by atoms with Gasteiger partial charge in [-0.15, -0.1) is 0 Å². The van der Waals surface area contributed by atoms with Crippen LogP contribution in [-0.2, 0) is 18.3 Å².